The van der Waals surface area contributed by atoms with Crippen LogP contribution in [-0.2, 0) is 17.8 Å². The predicted molar refractivity (Wildman–Crippen MR) is 96.8 cm³/mol. The number of nitrogens with one attached hydrogen (secondary N) is 1. The number of carbonyl (C=O) groups is 1. The van der Waals surface area contributed by atoms with Crippen molar-refractivity contribution in [3.8, 4) is 5.75 Å². The van der Waals surface area contributed by atoms with Crippen molar-refractivity contribution in [2.24, 2.45) is 0 Å². The molecule has 1 aliphatic rings. The zero-order valence-electron chi connectivity index (χ0n) is 14.9. The number of hydrogen-bond acceptors (Lipinski definition) is 4. The van der Waals surface area contributed by atoms with Crippen LogP contribution >= 0.6 is 0 Å². The fraction of sp³-hybridized carbons (Fsp3) is 0.350. The summed E-state index contributed by atoms with van der Waals surface area (Å²) in [6, 6.07) is 13.8. The minimum Gasteiger partial charge on any atom is -0.434 e. The molecule has 0 saturated carbocycles. The van der Waals surface area contributed by atoms with Crippen molar-refractivity contribution in [2.45, 2.75) is 19.7 Å². The Labute approximate surface area is 156 Å². The van der Waals surface area contributed by atoms with Gasteiger partial charge in [-0.25, -0.2) is 0 Å². The van der Waals surface area contributed by atoms with Crippen LogP contribution in [-0.4, -0.2) is 43.7 Å². The molecule has 1 N–H and O–H groups in total. The molecule has 0 radical (unpaired) electrons. The van der Waals surface area contributed by atoms with E-state index in [1.807, 2.05) is 24.3 Å². The zero-order chi connectivity index (χ0) is 19.1. The normalized spacial score (nSPS) is 14.9. The second-order valence-electron chi connectivity index (χ2n) is 6.21. The van der Waals surface area contributed by atoms with Gasteiger partial charge in [0.25, 0.3) is 5.91 Å². The molecule has 3 rings (SSSR count). The molecule has 0 aliphatic carbocycles. The summed E-state index contributed by atoms with van der Waals surface area (Å²) in [6.07, 6.45) is 0. The number of rotatable bonds is 7. The van der Waals surface area contributed by atoms with Gasteiger partial charge in [0.05, 0.1) is 18.8 Å². The van der Waals surface area contributed by atoms with Crippen LogP contribution in [0.2, 0.25) is 0 Å². The maximum atomic E-state index is 12.5. The summed E-state index contributed by atoms with van der Waals surface area (Å²) in [7, 11) is 0. The number of ether oxygens (including phenoxy) is 2. The number of hydrogen-bond donors (Lipinski definition) is 1. The van der Waals surface area contributed by atoms with Crippen molar-refractivity contribution in [3.05, 3.63) is 65.2 Å². The lowest BCUT2D eigenvalue weighted by Crippen LogP contribution is -2.36. The first-order valence-corrected chi connectivity index (χ1v) is 8.82. The first kappa shape index (κ1) is 19.3. The molecular weight excluding hydrogens is 354 g/mol. The van der Waals surface area contributed by atoms with E-state index in [9.17, 15) is 13.6 Å². The number of morpholine rings is 1. The highest BCUT2D eigenvalue weighted by atomic mass is 19.3. The van der Waals surface area contributed by atoms with Crippen LogP contribution in [0.15, 0.2) is 48.5 Å². The van der Waals surface area contributed by atoms with Gasteiger partial charge in [-0.1, -0.05) is 36.4 Å². The summed E-state index contributed by atoms with van der Waals surface area (Å²) >= 11 is 0. The number of para-hydroxylation sites is 1. The maximum Gasteiger partial charge on any atom is 0.387 e. The third-order valence-corrected chi connectivity index (χ3v) is 4.40. The molecule has 0 spiro atoms. The fourth-order valence-corrected chi connectivity index (χ4v) is 3.01. The van der Waals surface area contributed by atoms with E-state index in [1.54, 1.807) is 12.1 Å². The Morgan fingerprint density at radius 3 is 2.48 bits per heavy atom. The van der Waals surface area contributed by atoms with Gasteiger partial charge in [0.1, 0.15) is 5.75 Å². The van der Waals surface area contributed by atoms with Gasteiger partial charge < -0.3 is 14.8 Å². The standard InChI is InChI=1S/C20H22F2N2O3/c21-20(22)27-18-8-4-3-7-17(18)19(25)23-13-15-5-1-2-6-16(15)14-24-9-11-26-12-10-24/h1-8,20H,9-14H2,(H,23,25). The van der Waals surface area contributed by atoms with Crippen LogP contribution in [0.4, 0.5) is 8.78 Å². The highest BCUT2D eigenvalue weighted by Crippen LogP contribution is 2.20. The van der Waals surface area contributed by atoms with Gasteiger partial charge in [-0.2, -0.15) is 8.78 Å². The molecule has 1 heterocycles. The minimum atomic E-state index is -2.98. The Hall–Kier alpha value is -2.51. The summed E-state index contributed by atoms with van der Waals surface area (Å²) in [5, 5.41) is 2.80. The summed E-state index contributed by atoms with van der Waals surface area (Å²) in [5.74, 6) is -0.584. The molecule has 5 nitrogen and oxygen atoms in total. The quantitative estimate of drug-likeness (QED) is 0.807. The lowest BCUT2D eigenvalue weighted by atomic mass is 10.1. The molecule has 0 aromatic heterocycles. The van der Waals surface area contributed by atoms with Crippen LogP contribution < -0.4 is 10.1 Å². The number of nitrogens with zero attached hydrogens (tertiary/aromatic N) is 1. The van der Waals surface area contributed by atoms with Gasteiger partial charge >= 0.3 is 6.61 Å². The average molecular weight is 376 g/mol. The summed E-state index contributed by atoms with van der Waals surface area (Å²) in [6.45, 7) is 1.30. The first-order valence-electron chi connectivity index (χ1n) is 8.82. The van der Waals surface area contributed by atoms with Gasteiger partial charge in [0.2, 0.25) is 0 Å². The largest absolute Gasteiger partial charge is 0.434 e. The molecule has 0 atom stereocenters. The van der Waals surface area contributed by atoms with Gasteiger partial charge in [-0.05, 0) is 23.3 Å². The number of amides is 1. The van der Waals surface area contributed by atoms with Crippen molar-refractivity contribution in [2.75, 3.05) is 26.3 Å². The van der Waals surface area contributed by atoms with Crippen molar-refractivity contribution >= 4 is 5.91 Å². The maximum absolute atomic E-state index is 12.5. The molecule has 0 unspecified atom stereocenters. The van der Waals surface area contributed by atoms with Crippen LogP contribution in [0.1, 0.15) is 21.5 Å². The molecule has 1 aliphatic heterocycles. The summed E-state index contributed by atoms with van der Waals surface area (Å²) in [4.78, 5) is 14.8. The van der Waals surface area contributed by atoms with Crippen LogP contribution in [0, 0.1) is 0 Å². The second-order valence-corrected chi connectivity index (χ2v) is 6.21. The van der Waals surface area contributed by atoms with E-state index >= 15 is 0 Å². The molecule has 0 bridgehead atoms. The molecule has 27 heavy (non-hydrogen) atoms. The van der Waals surface area contributed by atoms with Gasteiger partial charge in [0, 0.05) is 26.2 Å². The third-order valence-electron chi connectivity index (χ3n) is 4.40. The predicted octanol–water partition coefficient (Wildman–Crippen LogP) is 3.05. The molecular formula is C20H22F2N2O3. The van der Waals surface area contributed by atoms with E-state index in [0.29, 0.717) is 6.54 Å². The van der Waals surface area contributed by atoms with Crippen molar-refractivity contribution in [1.29, 1.82) is 0 Å². The Morgan fingerprint density at radius 1 is 1.07 bits per heavy atom. The van der Waals surface area contributed by atoms with E-state index in [2.05, 4.69) is 15.0 Å². The van der Waals surface area contributed by atoms with Crippen LogP contribution in [0.5, 0.6) is 5.75 Å². The molecule has 2 aromatic carbocycles. The molecule has 1 amide bonds. The van der Waals surface area contributed by atoms with E-state index < -0.39 is 12.5 Å². The van der Waals surface area contributed by atoms with Gasteiger partial charge in [0.15, 0.2) is 0 Å². The van der Waals surface area contributed by atoms with Crippen molar-refractivity contribution in [1.82, 2.24) is 10.2 Å². The smallest absolute Gasteiger partial charge is 0.387 e. The summed E-state index contributed by atoms with van der Waals surface area (Å²) < 4.78 is 34.8. The fourth-order valence-electron chi connectivity index (χ4n) is 3.01. The van der Waals surface area contributed by atoms with Crippen molar-refractivity contribution < 1.29 is 23.0 Å². The van der Waals surface area contributed by atoms with E-state index in [4.69, 9.17) is 4.74 Å². The minimum absolute atomic E-state index is 0.0865. The molecule has 1 saturated heterocycles. The van der Waals surface area contributed by atoms with Gasteiger partial charge in [-0.15, -0.1) is 0 Å². The zero-order valence-corrected chi connectivity index (χ0v) is 14.9. The van der Waals surface area contributed by atoms with E-state index in [0.717, 1.165) is 44.0 Å². The number of alkyl halides is 2. The summed E-state index contributed by atoms with van der Waals surface area (Å²) in [5.41, 5.74) is 2.20. The van der Waals surface area contributed by atoms with Crippen molar-refractivity contribution in [3.63, 3.8) is 0 Å². The SMILES string of the molecule is O=C(NCc1ccccc1CN1CCOCC1)c1ccccc1OC(F)F. The topological polar surface area (TPSA) is 50.8 Å². The first-order chi connectivity index (χ1) is 13.1. The number of carbonyl (C=O) groups excluding carboxylic acids is 1. The monoisotopic (exact) mass is 376 g/mol. The highest BCUT2D eigenvalue weighted by molar-refractivity contribution is 5.96. The molecule has 144 valence electrons. The Morgan fingerprint density at radius 2 is 1.74 bits per heavy atom. The Kier molecular flexibility index (Phi) is 6.73. The van der Waals surface area contributed by atoms with Crippen LogP contribution in [0.3, 0.4) is 0 Å². The Balaban J connectivity index is 1.66. The highest BCUT2D eigenvalue weighted by Gasteiger charge is 2.16. The number of benzene rings is 2. The third kappa shape index (κ3) is 5.48. The van der Waals surface area contributed by atoms with Crippen LogP contribution in [0.25, 0.3) is 0 Å². The van der Waals surface area contributed by atoms with E-state index in [1.165, 1.54) is 12.1 Å². The van der Waals surface area contributed by atoms with E-state index in [-0.39, 0.29) is 11.3 Å². The molecule has 1 fully saturated rings. The molecule has 2 aromatic rings. The lowest BCUT2D eigenvalue weighted by Gasteiger charge is -2.27. The van der Waals surface area contributed by atoms with Gasteiger partial charge in [-0.3, -0.25) is 9.69 Å². The molecule has 7 heteroatoms. The Bertz CT molecular complexity index is 764. The lowest BCUT2D eigenvalue weighted by molar-refractivity contribution is -0.0501. The number of halogens is 2. The average Bonchev–Trinajstić information content (AvgIpc) is 2.68. The second kappa shape index (κ2) is 9.43.